The van der Waals surface area contributed by atoms with Crippen LogP contribution in [0.3, 0.4) is 0 Å². The van der Waals surface area contributed by atoms with Crippen molar-refractivity contribution >= 4 is 0 Å². The molecular weight excluding hydrogens is 184 g/mol. The minimum atomic E-state index is 0.745. The summed E-state index contributed by atoms with van der Waals surface area (Å²) in [5.74, 6) is 0.982. The molecule has 0 radical (unpaired) electrons. The summed E-state index contributed by atoms with van der Waals surface area (Å²) >= 11 is 0. The highest BCUT2D eigenvalue weighted by atomic mass is 15.1. The highest BCUT2D eigenvalue weighted by Crippen LogP contribution is 2.32. The van der Waals surface area contributed by atoms with Gasteiger partial charge in [-0.1, -0.05) is 20.3 Å². The van der Waals surface area contributed by atoms with Gasteiger partial charge in [-0.3, -0.25) is 0 Å². The number of rotatable bonds is 9. The third kappa shape index (κ3) is 5.53. The van der Waals surface area contributed by atoms with Crippen LogP contribution in [0.5, 0.6) is 0 Å². The second-order valence-electron chi connectivity index (χ2n) is 4.87. The number of nitrogens with one attached hydrogen (secondary N) is 1. The van der Waals surface area contributed by atoms with Crippen LogP contribution in [0.2, 0.25) is 0 Å². The predicted molar refractivity (Wildman–Crippen MR) is 67.2 cm³/mol. The second kappa shape index (κ2) is 7.24. The average Bonchev–Trinajstić information content (AvgIpc) is 3.06. The van der Waals surface area contributed by atoms with Crippen LogP contribution in [0, 0.1) is 5.92 Å². The standard InChI is InChI=1S/C13H28N2/c1-4-6-10-15(5-2)11-9-14-12(3)13-7-8-13/h12-14H,4-11H2,1-3H3. The van der Waals surface area contributed by atoms with E-state index in [4.69, 9.17) is 0 Å². The molecule has 1 unspecified atom stereocenters. The summed E-state index contributed by atoms with van der Waals surface area (Å²) in [6, 6.07) is 0.745. The second-order valence-corrected chi connectivity index (χ2v) is 4.87. The highest BCUT2D eigenvalue weighted by Gasteiger charge is 2.27. The molecule has 1 atom stereocenters. The molecule has 0 amide bonds. The zero-order chi connectivity index (χ0) is 11.1. The van der Waals surface area contributed by atoms with E-state index < -0.39 is 0 Å². The van der Waals surface area contributed by atoms with E-state index in [1.807, 2.05) is 0 Å². The third-order valence-corrected chi connectivity index (χ3v) is 3.50. The lowest BCUT2D eigenvalue weighted by Gasteiger charge is -2.21. The van der Waals surface area contributed by atoms with Crippen LogP contribution in [0.1, 0.15) is 46.5 Å². The molecule has 1 fully saturated rings. The van der Waals surface area contributed by atoms with Gasteiger partial charge in [-0.2, -0.15) is 0 Å². The third-order valence-electron chi connectivity index (χ3n) is 3.50. The van der Waals surface area contributed by atoms with Crippen LogP contribution in [-0.4, -0.2) is 37.1 Å². The van der Waals surface area contributed by atoms with Gasteiger partial charge in [0.2, 0.25) is 0 Å². The first-order valence-electron chi connectivity index (χ1n) is 6.73. The van der Waals surface area contributed by atoms with Crippen molar-refractivity contribution < 1.29 is 0 Å². The van der Waals surface area contributed by atoms with E-state index in [2.05, 4.69) is 31.0 Å². The average molecular weight is 212 g/mol. The maximum absolute atomic E-state index is 3.64. The Morgan fingerprint density at radius 1 is 1.27 bits per heavy atom. The number of nitrogens with zero attached hydrogens (tertiary/aromatic N) is 1. The van der Waals surface area contributed by atoms with Crippen molar-refractivity contribution in [3.05, 3.63) is 0 Å². The van der Waals surface area contributed by atoms with Gasteiger partial charge in [-0.05, 0) is 45.2 Å². The molecule has 1 rings (SSSR count). The normalized spacial score (nSPS) is 18.4. The molecule has 0 heterocycles. The van der Waals surface area contributed by atoms with E-state index in [1.54, 1.807) is 0 Å². The number of unbranched alkanes of at least 4 members (excludes halogenated alkanes) is 1. The first kappa shape index (κ1) is 13.0. The van der Waals surface area contributed by atoms with Crippen LogP contribution < -0.4 is 5.32 Å². The fourth-order valence-electron chi connectivity index (χ4n) is 2.02. The molecule has 1 aliphatic carbocycles. The van der Waals surface area contributed by atoms with Gasteiger partial charge >= 0.3 is 0 Å². The van der Waals surface area contributed by atoms with Gasteiger partial charge in [0.05, 0.1) is 0 Å². The molecule has 0 spiro atoms. The summed E-state index contributed by atoms with van der Waals surface area (Å²) in [5, 5.41) is 3.64. The van der Waals surface area contributed by atoms with Crippen molar-refractivity contribution in [2.75, 3.05) is 26.2 Å². The molecule has 0 bridgehead atoms. The first-order chi connectivity index (χ1) is 7.27. The van der Waals surface area contributed by atoms with Crippen molar-refractivity contribution in [2.45, 2.75) is 52.5 Å². The van der Waals surface area contributed by atoms with E-state index in [0.29, 0.717) is 0 Å². The van der Waals surface area contributed by atoms with Gasteiger partial charge in [-0.25, -0.2) is 0 Å². The van der Waals surface area contributed by atoms with Crippen molar-refractivity contribution in [2.24, 2.45) is 5.92 Å². The fraction of sp³-hybridized carbons (Fsp3) is 1.00. The summed E-state index contributed by atoms with van der Waals surface area (Å²) in [6.07, 6.45) is 5.54. The van der Waals surface area contributed by atoms with E-state index in [0.717, 1.165) is 18.5 Å². The molecule has 15 heavy (non-hydrogen) atoms. The topological polar surface area (TPSA) is 15.3 Å². The molecule has 1 N–H and O–H groups in total. The molecular formula is C13H28N2. The van der Waals surface area contributed by atoms with E-state index in [1.165, 1.54) is 45.3 Å². The summed E-state index contributed by atoms with van der Waals surface area (Å²) < 4.78 is 0. The lowest BCUT2D eigenvalue weighted by molar-refractivity contribution is 0.276. The fourth-order valence-corrected chi connectivity index (χ4v) is 2.02. The van der Waals surface area contributed by atoms with Gasteiger partial charge in [0.15, 0.2) is 0 Å². The molecule has 0 aromatic rings. The maximum atomic E-state index is 3.64. The Morgan fingerprint density at radius 3 is 2.53 bits per heavy atom. The Morgan fingerprint density at radius 2 is 2.00 bits per heavy atom. The van der Waals surface area contributed by atoms with Crippen LogP contribution >= 0.6 is 0 Å². The smallest absolute Gasteiger partial charge is 0.0107 e. The molecule has 0 saturated heterocycles. The van der Waals surface area contributed by atoms with Crippen molar-refractivity contribution in [1.82, 2.24) is 10.2 Å². The molecule has 2 nitrogen and oxygen atoms in total. The van der Waals surface area contributed by atoms with E-state index >= 15 is 0 Å². The molecule has 90 valence electrons. The van der Waals surface area contributed by atoms with E-state index in [9.17, 15) is 0 Å². The number of hydrogen-bond acceptors (Lipinski definition) is 2. The van der Waals surface area contributed by atoms with Crippen molar-refractivity contribution in [1.29, 1.82) is 0 Å². The minimum absolute atomic E-state index is 0.745. The highest BCUT2D eigenvalue weighted by molar-refractivity contribution is 4.83. The molecule has 0 aliphatic heterocycles. The van der Waals surface area contributed by atoms with Gasteiger partial charge in [0.25, 0.3) is 0 Å². The van der Waals surface area contributed by atoms with Gasteiger partial charge in [0.1, 0.15) is 0 Å². The Kier molecular flexibility index (Phi) is 6.26. The van der Waals surface area contributed by atoms with Crippen LogP contribution in [0.25, 0.3) is 0 Å². The van der Waals surface area contributed by atoms with Gasteiger partial charge in [0, 0.05) is 19.1 Å². The summed E-state index contributed by atoms with van der Waals surface area (Å²) in [5.41, 5.74) is 0. The number of hydrogen-bond donors (Lipinski definition) is 1. The van der Waals surface area contributed by atoms with Crippen LogP contribution in [0.15, 0.2) is 0 Å². The Balaban J connectivity index is 1.99. The minimum Gasteiger partial charge on any atom is -0.313 e. The summed E-state index contributed by atoms with van der Waals surface area (Å²) in [7, 11) is 0. The van der Waals surface area contributed by atoms with Gasteiger partial charge in [-0.15, -0.1) is 0 Å². The number of likely N-dealkylation sites (N-methyl/N-ethyl adjacent to an activating group) is 1. The van der Waals surface area contributed by atoms with Crippen molar-refractivity contribution in [3.63, 3.8) is 0 Å². The Hall–Kier alpha value is -0.0800. The first-order valence-corrected chi connectivity index (χ1v) is 6.73. The lowest BCUT2D eigenvalue weighted by Crippen LogP contribution is -2.37. The van der Waals surface area contributed by atoms with E-state index in [-0.39, 0.29) is 0 Å². The zero-order valence-electron chi connectivity index (χ0n) is 10.8. The monoisotopic (exact) mass is 212 g/mol. The SMILES string of the molecule is CCCCN(CC)CCNC(C)C1CC1. The molecule has 1 aliphatic rings. The quantitative estimate of drug-likeness (QED) is 0.632. The molecule has 1 saturated carbocycles. The van der Waals surface area contributed by atoms with Crippen LogP contribution in [-0.2, 0) is 0 Å². The summed E-state index contributed by atoms with van der Waals surface area (Å²) in [6.45, 7) is 11.7. The lowest BCUT2D eigenvalue weighted by atomic mass is 10.2. The molecule has 2 heteroatoms. The zero-order valence-corrected chi connectivity index (χ0v) is 10.8. The van der Waals surface area contributed by atoms with Crippen molar-refractivity contribution in [3.8, 4) is 0 Å². The maximum Gasteiger partial charge on any atom is 0.0107 e. The Bertz CT molecular complexity index is 155. The largest absolute Gasteiger partial charge is 0.313 e. The molecule has 0 aromatic heterocycles. The van der Waals surface area contributed by atoms with Gasteiger partial charge < -0.3 is 10.2 Å². The van der Waals surface area contributed by atoms with Crippen LogP contribution in [0.4, 0.5) is 0 Å². The predicted octanol–water partition coefficient (Wildman–Crippen LogP) is 2.50. The Labute approximate surface area is 95.4 Å². The molecule has 0 aromatic carbocycles. The summed E-state index contributed by atoms with van der Waals surface area (Å²) in [4.78, 5) is 2.55.